The van der Waals surface area contributed by atoms with Gasteiger partial charge in [0.15, 0.2) is 0 Å². The third-order valence-electron chi connectivity index (χ3n) is 4.42. The number of hydrogen-bond donors (Lipinski definition) is 1. The van der Waals surface area contributed by atoms with Crippen molar-refractivity contribution in [1.82, 2.24) is 20.1 Å². The lowest BCUT2D eigenvalue weighted by atomic mass is 10.00. The molecular formula is C16H20N4S. The highest BCUT2D eigenvalue weighted by Gasteiger charge is 2.21. The zero-order chi connectivity index (χ0) is 14.1. The summed E-state index contributed by atoms with van der Waals surface area (Å²) >= 11 is 2.04. The van der Waals surface area contributed by atoms with Crippen molar-refractivity contribution in [3.63, 3.8) is 0 Å². The minimum atomic E-state index is 0.419. The second-order valence-corrected chi connectivity index (χ2v) is 6.89. The number of nitrogens with zero attached hydrogens (tertiary/aromatic N) is 3. The molecule has 4 nitrogen and oxygen atoms in total. The summed E-state index contributed by atoms with van der Waals surface area (Å²) in [6, 6.07) is 9.26. The molecular weight excluding hydrogens is 280 g/mol. The van der Waals surface area contributed by atoms with E-state index in [0.717, 1.165) is 36.9 Å². The maximum atomic E-state index is 4.35. The molecule has 0 fully saturated rings. The molecule has 0 amide bonds. The van der Waals surface area contributed by atoms with Gasteiger partial charge in [-0.05, 0) is 29.7 Å². The lowest BCUT2D eigenvalue weighted by Gasteiger charge is -2.18. The van der Waals surface area contributed by atoms with Crippen LogP contribution in [0.25, 0.3) is 0 Å². The van der Waals surface area contributed by atoms with E-state index in [4.69, 9.17) is 0 Å². The molecule has 1 atom stereocenters. The van der Waals surface area contributed by atoms with Gasteiger partial charge in [0, 0.05) is 24.8 Å². The zero-order valence-electron chi connectivity index (χ0n) is 12.1. The van der Waals surface area contributed by atoms with Gasteiger partial charge in [0.05, 0.1) is 6.54 Å². The fourth-order valence-electron chi connectivity index (χ4n) is 3.30. The normalized spacial score (nSPS) is 20.9. The van der Waals surface area contributed by atoms with Gasteiger partial charge in [-0.2, -0.15) is 11.8 Å². The Morgan fingerprint density at radius 1 is 1.24 bits per heavy atom. The average Bonchev–Trinajstić information content (AvgIpc) is 3.05. The van der Waals surface area contributed by atoms with Crippen LogP contribution in [0, 0.1) is 0 Å². The van der Waals surface area contributed by atoms with Gasteiger partial charge in [0.25, 0.3) is 0 Å². The Bertz CT molecular complexity index is 637. The summed E-state index contributed by atoms with van der Waals surface area (Å²) in [5, 5.41) is 12.3. The Hall–Kier alpha value is -1.33. The van der Waals surface area contributed by atoms with Crippen molar-refractivity contribution in [3.05, 3.63) is 47.0 Å². The van der Waals surface area contributed by atoms with Gasteiger partial charge in [-0.1, -0.05) is 24.3 Å². The van der Waals surface area contributed by atoms with Crippen LogP contribution in [0.3, 0.4) is 0 Å². The molecule has 0 spiro atoms. The Labute approximate surface area is 129 Å². The van der Waals surface area contributed by atoms with Crippen LogP contribution in [0.15, 0.2) is 24.3 Å². The highest BCUT2D eigenvalue weighted by atomic mass is 32.2. The fourth-order valence-corrected chi connectivity index (χ4v) is 4.36. The molecule has 2 aliphatic rings. The summed E-state index contributed by atoms with van der Waals surface area (Å²) in [7, 11) is 0. The van der Waals surface area contributed by atoms with Crippen LogP contribution >= 0.6 is 11.8 Å². The predicted molar refractivity (Wildman–Crippen MR) is 85.4 cm³/mol. The molecule has 0 saturated heterocycles. The summed E-state index contributed by atoms with van der Waals surface area (Å²) in [6.07, 6.45) is 3.47. The number of nitrogens with one attached hydrogen (secondary N) is 1. The molecule has 3 heterocycles. The fraction of sp³-hybridized carbons (Fsp3) is 0.500. The van der Waals surface area contributed by atoms with Crippen LogP contribution in [-0.4, -0.2) is 26.3 Å². The second kappa shape index (κ2) is 5.81. The number of thioether (sulfide) groups is 1. The van der Waals surface area contributed by atoms with Gasteiger partial charge >= 0.3 is 0 Å². The quantitative estimate of drug-likeness (QED) is 0.945. The third-order valence-corrected chi connectivity index (χ3v) is 5.49. The predicted octanol–water partition coefficient (Wildman–Crippen LogP) is 2.34. The molecule has 21 heavy (non-hydrogen) atoms. The highest BCUT2D eigenvalue weighted by Crippen LogP contribution is 2.27. The van der Waals surface area contributed by atoms with Crippen LogP contribution in [0.4, 0.5) is 0 Å². The molecule has 1 N–H and O–H groups in total. The first-order valence-corrected chi connectivity index (χ1v) is 8.87. The van der Waals surface area contributed by atoms with Crippen molar-refractivity contribution in [2.45, 2.75) is 38.4 Å². The minimum Gasteiger partial charge on any atom is -0.314 e. The van der Waals surface area contributed by atoms with Crippen molar-refractivity contribution >= 4 is 11.8 Å². The van der Waals surface area contributed by atoms with Crippen molar-refractivity contribution < 1.29 is 0 Å². The van der Waals surface area contributed by atoms with E-state index >= 15 is 0 Å². The van der Waals surface area contributed by atoms with Gasteiger partial charge in [0.1, 0.15) is 11.6 Å². The van der Waals surface area contributed by atoms with Crippen LogP contribution in [0.5, 0.6) is 0 Å². The van der Waals surface area contributed by atoms with Crippen LogP contribution in [0.1, 0.15) is 35.2 Å². The van der Waals surface area contributed by atoms with Gasteiger partial charge in [0.2, 0.25) is 0 Å². The monoisotopic (exact) mass is 300 g/mol. The van der Waals surface area contributed by atoms with E-state index in [1.165, 1.54) is 29.7 Å². The molecule has 1 aromatic heterocycles. The lowest BCUT2D eigenvalue weighted by Crippen LogP contribution is -2.25. The van der Waals surface area contributed by atoms with Gasteiger partial charge in [-0.25, -0.2) is 0 Å². The van der Waals surface area contributed by atoms with E-state index in [-0.39, 0.29) is 0 Å². The van der Waals surface area contributed by atoms with Crippen molar-refractivity contribution in [2.24, 2.45) is 0 Å². The number of benzene rings is 1. The smallest absolute Gasteiger partial charge is 0.147 e. The zero-order valence-corrected chi connectivity index (χ0v) is 12.9. The van der Waals surface area contributed by atoms with Gasteiger partial charge in [-0.15, -0.1) is 10.2 Å². The largest absolute Gasteiger partial charge is 0.314 e. The second-order valence-electron chi connectivity index (χ2n) is 5.74. The van der Waals surface area contributed by atoms with E-state index in [2.05, 4.69) is 44.3 Å². The SMILES string of the molecule is c1ccc2c(c1)CCSCC2NCc1nnc2n1CCC2. The third kappa shape index (κ3) is 2.60. The first-order valence-electron chi connectivity index (χ1n) is 7.72. The van der Waals surface area contributed by atoms with Crippen LogP contribution in [0.2, 0.25) is 0 Å². The summed E-state index contributed by atoms with van der Waals surface area (Å²) in [5.41, 5.74) is 2.95. The molecule has 0 saturated carbocycles. The first-order chi connectivity index (χ1) is 10.4. The van der Waals surface area contributed by atoms with E-state index in [1.807, 2.05) is 11.8 Å². The van der Waals surface area contributed by atoms with Crippen molar-refractivity contribution in [2.75, 3.05) is 11.5 Å². The molecule has 2 aromatic rings. The molecule has 0 bridgehead atoms. The topological polar surface area (TPSA) is 42.7 Å². The number of hydrogen-bond acceptors (Lipinski definition) is 4. The van der Waals surface area contributed by atoms with Crippen LogP contribution < -0.4 is 5.32 Å². The Kier molecular flexibility index (Phi) is 3.69. The van der Waals surface area contributed by atoms with Gasteiger partial charge in [-0.3, -0.25) is 0 Å². The van der Waals surface area contributed by atoms with E-state index in [9.17, 15) is 0 Å². The molecule has 0 radical (unpaired) electrons. The molecule has 5 heteroatoms. The molecule has 1 aromatic carbocycles. The van der Waals surface area contributed by atoms with E-state index in [0.29, 0.717) is 6.04 Å². The molecule has 0 aliphatic carbocycles. The Morgan fingerprint density at radius 2 is 2.19 bits per heavy atom. The van der Waals surface area contributed by atoms with Crippen molar-refractivity contribution in [1.29, 1.82) is 0 Å². The van der Waals surface area contributed by atoms with Crippen molar-refractivity contribution in [3.8, 4) is 0 Å². The summed E-state index contributed by atoms with van der Waals surface area (Å²) < 4.78 is 2.28. The Balaban J connectivity index is 1.51. The number of fused-ring (bicyclic) bond motifs is 2. The maximum absolute atomic E-state index is 4.35. The Morgan fingerprint density at radius 3 is 3.19 bits per heavy atom. The summed E-state index contributed by atoms with van der Waals surface area (Å²) in [5.74, 6) is 4.60. The molecule has 4 rings (SSSR count). The summed E-state index contributed by atoms with van der Waals surface area (Å²) in [4.78, 5) is 0. The molecule has 1 unspecified atom stereocenters. The maximum Gasteiger partial charge on any atom is 0.147 e. The minimum absolute atomic E-state index is 0.419. The average molecular weight is 300 g/mol. The number of aromatic nitrogens is 3. The number of rotatable bonds is 3. The van der Waals surface area contributed by atoms with Crippen LogP contribution in [-0.2, 0) is 25.9 Å². The first kappa shape index (κ1) is 13.3. The standard InChI is InChI=1S/C16H20N4S/c1-2-5-13-12(4-1)7-9-21-11-14(13)17-10-16-19-18-15-6-3-8-20(15)16/h1-2,4-5,14,17H,3,6-11H2. The van der Waals surface area contributed by atoms with Gasteiger partial charge < -0.3 is 9.88 Å². The molecule has 110 valence electrons. The van der Waals surface area contributed by atoms with E-state index in [1.54, 1.807) is 0 Å². The molecule has 2 aliphatic heterocycles. The number of aryl methyl sites for hydroxylation is 2. The summed E-state index contributed by atoms with van der Waals surface area (Å²) in [6.45, 7) is 1.89. The van der Waals surface area contributed by atoms with E-state index < -0.39 is 0 Å². The lowest BCUT2D eigenvalue weighted by molar-refractivity contribution is 0.543. The highest BCUT2D eigenvalue weighted by molar-refractivity contribution is 7.99.